The smallest absolute Gasteiger partial charge is 0.273 e. The van der Waals surface area contributed by atoms with Gasteiger partial charge in [0.1, 0.15) is 5.75 Å². The molecule has 0 spiro atoms. The van der Waals surface area contributed by atoms with E-state index in [9.17, 15) is 4.79 Å². The molecule has 2 aliphatic rings. The topological polar surface area (TPSA) is 118 Å². The van der Waals surface area contributed by atoms with E-state index < -0.39 is 5.91 Å². The number of carbonyl (C=O) groups excluding carboxylic acids is 1. The highest BCUT2D eigenvalue weighted by atomic mass is 16.5. The first kappa shape index (κ1) is 20.3. The molecule has 1 saturated carbocycles. The van der Waals surface area contributed by atoms with Crippen molar-refractivity contribution in [1.82, 2.24) is 20.1 Å². The number of methoxy groups -OCH3 is 1. The van der Waals surface area contributed by atoms with Crippen molar-refractivity contribution in [2.45, 2.75) is 51.1 Å². The number of amides is 1. The van der Waals surface area contributed by atoms with Gasteiger partial charge in [-0.1, -0.05) is 19.3 Å². The number of rotatable bonds is 6. The fourth-order valence-electron chi connectivity index (χ4n) is 4.20. The molecular formula is C21H29N7O2. The zero-order valence-electron chi connectivity index (χ0n) is 17.6. The predicted molar refractivity (Wildman–Crippen MR) is 115 cm³/mol. The lowest BCUT2D eigenvalue weighted by Gasteiger charge is -2.26. The van der Waals surface area contributed by atoms with E-state index in [1.165, 1.54) is 17.5 Å². The number of hydrogen-bond donors (Lipinski definition) is 3. The van der Waals surface area contributed by atoms with E-state index in [2.05, 4.69) is 49.9 Å². The van der Waals surface area contributed by atoms with E-state index in [4.69, 9.17) is 10.5 Å². The highest BCUT2D eigenvalue weighted by molar-refractivity contribution is 5.95. The van der Waals surface area contributed by atoms with Crippen LogP contribution in [0.15, 0.2) is 12.1 Å². The molecule has 0 atom stereocenters. The molecule has 0 unspecified atom stereocenters. The number of nitrogens with zero attached hydrogens (tertiary/aromatic N) is 4. The Bertz CT molecular complexity index is 928. The van der Waals surface area contributed by atoms with Gasteiger partial charge in [0.15, 0.2) is 11.5 Å². The normalized spacial score (nSPS) is 17.3. The zero-order valence-corrected chi connectivity index (χ0v) is 17.6. The monoisotopic (exact) mass is 411 g/mol. The number of primary amides is 1. The first-order chi connectivity index (χ1) is 14.5. The molecule has 1 fully saturated rings. The van der Waals surface area contributed by atoms with Crippen LogP contribution in [0.5, 0.6) is 5.75 Å². The summed E-state index contributed by atoms with van der Waals surface area (Å²) in [5, 5.41) is 14.7. The van der Waals surface area contributed by atoms with Crippen LogP contribution in [-0.4, -0.2) is 52.7 Å². The van der Waals surface area contributed by atoms with Gasteiger partial charge in [-0.25, -0.2) is 0 Å². The second-order valence-corrected chi connectivity index (χ2v) is 8.11. The van der Waals surface area contributed by atoms with Crippen LogP contribution in [-0.2, 0) is 13.0 Å². The maximum Gasteiger partial charge on any atom is 0.273 e. The Kier molecular flexibility index (Phi) is 5.98. The lowest BCUT2D eigenvalue weighted by Crippen LogP contribution is -2.27. The minimum absolute atomic E-state index is 0.0616. The molecule has 2 aromatic rings. The van der Waals surface area contributed by atoms with Crippen LogP contribution < -0.4 is 21.1 Å². The summed E-state index contributed by atoms with van der Waals surface area (Å²) in [4.78, 5) is 18.6. The average molecular weight is 412 g/mol. The molecule has 1 aromatic carbocycles. The largest absolute Gasteiger partial charge is 0.495 e. The van der Waals surface area contributed by atoms with Crippen molar-refractivity contribution in [2.24, 2.45) is 5.73 Å². The summed E-state index contributed by atoms with van der Waals surface area (Å²) in [6.07, 6.45) is 6.61. The van der Waals surface area contributed by atoms with E-state index in [0.717, 1.165) is 50.9 Å². The summed E-state index contributed by atoms with van der Waals surface area (Å²) >= 11 is 0. The number of nitrogens with two attached hydrogens (primary N) is 1. The van der Waals surface area contributed by atoms with E-state index >= 15 is 0 Å². The fourth-order valence-corrected chi connectivity index (χ4v) is 4.20. The Morgan fingerprint density at radius 1 is 1.20 bits per heavy atom. The van der Waals surface area contributed by atoms with Crippen molar-refractivity contribution in [1.29, 1.82) is 0 Å². The van der Waals surface area contributed by atoms with Crippen molar-refractivity contribution >= 4 is 23.4 Å². The summed E-state index contributed by atoms with van der Waals surface area (Å²) in [5.74, 6) is 0.749. The third-order valence-corrected chi connectivity index (χ3v) is 5.84. The summed E-state index contributed by atoms with van der Waals surface area (Å²) in [6.45, 7) is 1.91. The summed E-state index contributed by atoms with van der Waals surface area (Å²) in [5.41, 5.74) is 8.86. The number of anilines is 3. The van der Waals surface area contributed by atoms with Gasteiger partial charge in [-0.3, -0.25) is 4.79 Å². The van der Waals surface area contributed by atoms with Crippen LogP contribution in [0.2, 0.25) is 0 Å². The molecule has 4 N–H and O–H groups in total. The van der Waals surface area contributed by atoms with Crippen molar-refractivity contribution in [3.63, 3.8) is 0 Å². The Morgan fingerprint density at radius 2 is 2.00 bits per heavy atom. The standard InChI is InChI=1S/C21H29N7O2/c1-28-9-8-13-10-16(17(30-2)11-14(13)12-28)24-21-25-20(18(19(22)29)26-27-21)23-15-6-4-3-5-7-15/h10-11,15H,3-9,12H2,1-2H3,(H2,22,29)(H2,23,24,25,27). The van der Waals surface area contributed by atoms with Gasteiger partial charge in [-0.15, -0.1) is 10.2 Å². The van der Waals surface area contributed by atoms with E-state index in [1.807, 2.05) is 0 Å². The number of carbonyl (C=O) groups is 1. The maximum atomic E-state index is 11.8. The average Bonchev–Trinajstić information content (AvgIpc) is 2.74. The van der Waals surface area contributed by atoms with E-state index in [0.29, 0.717) is 17.5 Å². The summed E-state index contributed by atoms with van der Waals surface area (Å²) in [6, 6.07) is 4.40. The fraction of sp³-hybridized carbons (Fsp3) is 0.524. The lowest BCUT2D eigenvalue weighted by molar-refractivity contribution is 0.0995. The Hall–Kier alpha value is -2.94. The SMILES string of the molecule is COc1cc2c(cc1Nc1nnc(C(N)=O)c(NC3CCCCC3)n1)CCN(C)C2. The number of fused-ring (bicyclic) bond motifs is 1. The molecule has 9 nitrogen and oxygen atoms in total. The molecule has 1 amide bonds. The second-order valence-electron chi connectivity index (χ2n) is 8.11. The third kappa shape index (κ3) is 4.46. The van der Waals surface area contributed by atoms with Crippen LogP contribution in [0, 0.1) is 0 Å². The van der Waals surface area contributed by atoms with Crippen LogP contribution in [0.3, 0.4) is 0 Å². The minimum atomic E-state index is -0.643. The molecule has 0 saturated heterocycles. The van der Waals surface area contributed by atoms with Crippen molar-refractivity contribution in [2.75, 3.05) is 31.3 Å². The molecule has 160 valence electrons. The molecule has 0 radical (unpaired) electrons. The molecule has 1 aliphatic heterocycles. The molecule has 2 heterocycles. The highest BCUT2D eigenvalue weighted by Crippen LogP contribution is 2.33. The molecule has 4 rings (SSSR count). The molecule has 1 aliphatic carbocycles. The number of benzene rings is 1. The Morgan fingerprint density at radius 3 is 2.73 bits per heavy atom. The maximum absolute atomic E-state index is 11.8. The Balaban J connectivity index is 1.61. The summed E-state index contributed by atoms with van der Waals surface area (Å²) < 4.78 is 5.59. The van der Waals surface area contributed by atoms with Crippen molar-refractivity contribution in [3.8, 4) is 5.75 Å². The predicted octanol–water partition coefficient (Wildman–Crippen LogP) is 2.46. The van der Waals surface area contributed by atoms with Gasteiger partial charge in [0.2, 0.25) is 5.95 Å². The van der Waals surface area contributed by atoms with Gasteiger partial charge < -0.3 is 26.0 Å². The minimum Gasteiger partial charge on any atom is -0.495 e. The van der Waals surface area contributed by atoms with Gasteiger partial charge in [0.05, 0.1) is 12.8 Å². The van der Waals surface area contributed by atoms with E-state index in [-0.39, 0.29) is 11.7 Å². The molecule has 30 heavy (non-hydrogen) atoms. The highest BCUT2D eigenvalue weighted by Gasteiger charge is 2.21. The number of hydrogen-bond acceptors (Lipinski definition) is 8. The van der Waals surface area contributed by atoms with Crippen LogP contribution in [0.1, 0.15) is 53.7 Å². The first-order valence-electron chi connectivity index (χ1n) is 10.5. The zero-order chi connectivity index (χ0) is 21.1. The van der Waals surface area contributed by atoms with Gasteiger partial charge in [0, 0.05) is 19.1 Å². The number of likely N-dealkylation sites (N-methyl/N-ethyl adjacent to an activating group) is 1. The number of nitrogens with one attached hydrogen (secondary N) is 2. The molecular weight excluding hydrogens is 382 g/mol. The molecule has 0 bridgehead atoms. The second kappa shape index (κ2) is 8.83. The lowest BCUT2D eigenvalue weighted by atomic mass is 9.95. The molecule has 9 heteroatoms. The van der Waals surface area contributed by atoms with Crippen LogP contribution in [0.25, 0.3) is 0 Å². The van der Waals surface area contributed by atoms with Gasteiger partial charge in [-0.2, -0.15) is 4.98 Å². The van der Waals surface area contributed by atoms with E-state index in [1.54, 1.807) is 7.11 Å². The van der Waals surface area contributed by atoms with Gasteiger partial charge in [-0.05, 0) is 49.6 Å². The van der Waals surface area contributed by atoms with Crippen LogP contribution in [0.4, 0.5) is 17.5 Å². The summed E-state index contributed by atoms with van der Waals surface area (Å²) in [7, 11) is 3.76. The van der Waals surface area contributed by atoms with Gasteiger partial charge >= 0.3 is 0 Å². The van der Waals surface area contributed by atoms with Crippen LogP contribution >= 0.6 is 0 Å². The van der Waals surface area contributed by atoms with Gasteiger partial charge in [0.25, 0.3) is 5.91 Å². The third-order valence-electron chi connectivity index (χ3n) is 5.84. The van der Waals surface area contributed by atoms with Crippen molar-refractivity contribution < 1.29 is 9.53 Å². The molecule has 1 aromatic heterocycles. The van der Waals surface area contributed by atoms with Crippen molar-refractivity contribution in [3.05, 3.63) is 29.0 Å². The quantitative estimate of drug-likeness (QED) is 0.663. The first-order valence-corrected chi connectivity index (χ1v) is 10.5. The Labute approximate surface area is 176 Å². The number of aromatic nitrogens is 3. The number of ether oxygens (including phenoxy) is 1.